The van der Waals surface area contributed by atoms with Crippen LogP contribution in [0.5, 0.6) is 0 Å². The molecule has 0 spiro atoms. The number of rotatable bonds is 5. The van der Waals surface area contributed by atoms with Crippen LogP contribution in [0.15, 0.2) is 40.3 Å². The molecule has 8 heteroatoms. The molecule has 2 amide bonds. The number of fused-ring (bicyclic) bond motifs is 1. The summed E-state index contributed by atoms with van der Waals surface area (Å²) in [4.78, 5) is 40.1. The van der Waals surface area contributed by atoms with Crippen LogP contribution in [0.25, 0.3) is 0 Å². The molecule has 3 N–H and O–H groups in total. The standard InChI is InChI=1S/C17H18N4O3S/c1-2-11-7-15(23)21-13(9-25-17(21)20-11)8-14(22)19-12-5-3-10(4-6-12)16(18)24/h3-7,13H,2,8-9H2,1H3,(H2,18,24)(H,19,22). The van der Waals surface area contributed by atoms with Crippen LogP contribution in [0.3, 0.4) is 0 Å². The van der Waals surface area contributed by atoms with Gasteiger partial charge in [0.2, 0.25) is 11.8 Å². The van der Waals surface area contributed by atoms with Gasteiger partial charge in [0.25, 0.3) is 5.56 Å². The number of thioether (sulfide) groups is 1. The molecule has 1 aromatic heterocycles. The molecule has 0 fully saturated rings. The van der Waals surface area contributed by atoms with Crippen LogP contribution in [-0.4, -0.2) is 27.1 Å². The van der Waals surface area contributed by atoms with Gasteiger partial charge in [-0.25, -0.2) is 4.98 Å². The van der Waals surface area contributed by atoms with Gasteiger partial charge in [-0.2, -0.15) is 0 Å². The fraction of sp³-hybridized carbons (Fsp3) is 0.294. The first-order chi connectivity index (χ1) is 12.0. The van der Waals surface area contributed by atoms with Crippen molar-refractivity contribution < 1.29 is 9.59 Å². The largest absolute Gasteiger partial charge is 0.366 e. The SMILES string of the molecule is CCc1cc(=O)n2c(n1)SCC2CC(=O)Nc1ccc(C(N)=O)cc1. The predicted octanol–water partition coefficient (Wildman–Crippen LogP) is 1.58. The summed E-state index contributed by atoms with van der Waals surface area (Å²) < 4.78 is 1.60. The number of nitrogens with two attached hydrogens (primary N) is 1. The van der Waals surface area contributed by atoms with Crippen molar-refractivity contribution in [3.05, 3.63) is 51.9 Å². The molecule has 1 unspecified atom stereocenters. The van der Waals surface area contributed by atoms with Crippen molar-refractivity contribution in [2.45, 2.75) is 31.0 Å². The van der Waals surface area contributed by atoms with Gasteiger partial charge >= 0.3 is 0 Å². The maximum absolute atomic E-state index is 12.3. The third-order valence-corrected chi connectivity index (χ3v) is 5.08. The lowest BCUT2D eigenvalue weighted by molar-refractivity contribution is -0.116. The highest BCUT2D eigenvalue weighted by Gasteiger charge is 2.27. The van der Waals surface area contributed by atoms with Crippen LogP contribution in [0, 0.1) is 0 Å². The number of benzene rings is 1. The van der Waals surface area contributed by atoms with Crippen LogP contribution in [-0.2, 0) is 11.2 Å². The van der Waals surface area contributed by atoms with Crippen molar-refractivity contribution in [2.24, 2.45) is 5.73 Å². The number of carbonyl (C=O) groups is 2. The van der Waals surface area contributed by atoms with Gasteiger partial charge in [0.1, 0.15) is 0 Å². The molecule has 0 radical (unpaired) electrons. The van der Waals surface area contributed by atoms with E-state index in [4.69, 9.17) is 5.73 Å². The lowest BCUT2D eigenvalue weighted by Gasteiger charge is -2.13. The van der Waals surface area contributed by atoms with Crippen LogP contribution < -0.4 is 16.6 Å². The van der Waals surface area contributed by atoms with Gasteiger partial charge in [0.05, 0.1) is 6.04 Å². The molecule has 1 aliphatic heterocycles. The number of aryl methyl sites for hydroxylation is 1. The maximum atomic E-state index is 12.3. The third kappa shape index (κ3) is 3.74. The van der Waals surface area contributed by atoms with Gasteiger partial charge in [0, 0.05) is 35.2 Å². The van der Waals surface area contributed by atoms with Crippen molar-refractivity contribution >= 4 is 29.3 Å². The second-order valence-electron chi connectivity index (χ2n) is 5.75. The Morgan fingerprint density at radius 2 is 2.08 bits per heavy atom. The highest BCUT2D eigenvalue weighted by atomic mass is 32.2. The summed E-state index contributed by atoms with van der Waals surface area (Å²) in [6.07, 6.45) is 0.890. The Hall–Kier alpha value is -2.61. The Kier molecular flexibility index (Phi) is 4.89. The van der Waals surface area contributed by atoms with Crippen molar-refractivity contribution in [1.29, 1.82) is 0 Å². The summed E-state index contributed by atoms with van der Waals surface area (Å²) in [5, 5.41) is 3.45. The summed E-state index contributed by atoms with van der Waals surface area (Å²) >= 11 is 1.49. The lowest BCUT2D eigenvalue weighted by atomic mass is 10.2. The summed E-state index contributed by atoms with van der Waals surface area (Å²) in [6.45, 7) is 1.95. The summed E-state index contributed by atoms with van der Waals surface area (Å²) in [7, 11) is 0. The third-order valence-electron chi connectivity index (χ3n) is 3.98. The molecule has 0 saturated carbocycles. The number of aromatic nitrogens is 2. The Morgan fingerprint density at radius 3 is 2.72 bits per heavy atom. The number of hydrogen-bond donors (Lipinski definition) is 2. The van der Waals surface area contributed by atoms with Crippen molar-refractivity contribution in [3.63, 3.8) is 0 Å². The zero-order chi connectivity index (χ0) is 18.0. The average Bonchev–Trinajstić information content (AvgIpc) is 2.98. The summed E-state index contributed by atoms with van der Waals surface area (Å²) in [5.41, 5.74) is 6.79. The minimum Gasteiger partial charge on any atom is -0.366 e. The molecule has 0 bridgehead atoms. The quantitative estimate of drug-likeness (QED) is 0.789. The van der Waals surface area contributed by atoms with E-state index in [2.05, 4.69) is 10.3 Å². The highest BCUT2D eigenvalue weighted by molar-refractivity contribution is 7.99. The maximum Gasteiger partial charge on any atom is 0.254 e. The van der Waals surface area contributed by atoms with E-state index >= 15 is 0 Å². The molecule has 130 valence electrons. The van der Waals surface area contributed by atoms with E-state index in [-0.39, 0.29) is 23.9 Å². The molecule has 1 aromatic carbocycles. The first-order valence-electron chi connectivity index (χ1n) is 7.93. The van der Waals surface area contributed by atoms with E-state index in [1.807, 2.05) is 6.92 Å². The van der Waals surface area contributed by atoms with Gasteiger partial charge in [0.15, 0.2) is 5.16 Å². The topological polar surface area (TPSA) is 107 Å². The highest BCUT2D eigenvalue weighted by Crippen LogP contribution is 2.32. The predicted molar refractivity (Wildman–Crippen MR) is 95.8 cm³/mol. The molecular weight excluding hydrogens is 340 g/mol. The Morgan fingerprint density at radius 1 is 1.36 bits per heavy atom. The number of hydrogen-bond acceptors (Lipinski definition) is 5. The van der Waals surface area contributed by atoms with E-state index in [9.17, 15) is 14.4 Å². The van der Waals surface area contributed by atoms with Crippen molar-refractivity contribution in [1.82, 2.24) is 9.55 Å². The second kappa shape index (κ2) is 7.10. The zero-order valence-corrected chi connectivity index (χ0v) is 14.5. The van der Waals surface area contributed by atoms with E-state index in [1.54, 1.807) is 28.8 Å². The minimum absolute atomic E-state index is 0.115. The number of carbonyl (C=O) groups excluding carboxylic acids is 2. The fourth-order valence-electron chi connectivity index (χ4n) is 2.67. The number of anilines is 1. The fourth-order valence-corrected chi connectivity index (χ4v) is 3.84. The van der Waals surface area contributed by atoms with Crippen molar-refractivity contribution in [2.75, 3.05) is 11.1 Å². The van der Waals surface area contributed by atoms with Crippen molar-refractivity contribution in [3.8, 4) is 0 Å². The number of nitrogens with zero attached hydrogens (tertiary/aromatic N) is 2. The lowest BCUT2D eigenvalue weighted by Crippen LogP contribution is -2.27. The molecule has 2 aromatic rings. The van der Waals surface area contributed by atoms with E-state index in [0.717, 1.165) is 5.69 Å². The molecule has 0 aliphatic carbocycles. The monoisotopic (exact) mass is 358 g/mol. The van der Waals surface area contributed by atoms with Crippen LogP contribution in [0.2, 0.25) is 0 Å². The van der Waals surface area contributed by atoms with E-state index < -0.39 is 5.91 Å². The minimum atomic E-state index is -0.518. The van der Waals surface area contributed by atoms with Gasteiger partial charge in [-0.05, 0) is 30.7 Å². The molecule has 7 nitrogen and oxygen atoms in total. The molecular formula is C17H18N4O3S. The van der Waals surface area contributed by atoms with Gasteiger partial charge in [-0.15, -0.1) is 0 Å². The molecule has 3 rings (SSSR count). The molecule has 1 atom stereocenters. The normalized spacial score (nSPS) is 15.6. The molecule has 25 heavy (non-hydrogen) atoms. The Balaban J connectivity index is 1.69. The smallest absolute Gasteiger partial charge is 0.254 e. The van der Waals surface area contributed by atoms with Gasteiger partial charge < -0.3 is 11.1 Å². The molecule has 2 heterocycles. The number of nitrogens with one attached hydrogen (secondary N) is 1. The van der Waals surface area contributed by atoms with E-state index in [1.165, 1.54) is 17.8 Å². The van der Waals surface area contributed by atoms with Crippen LogP contribution >= 0.6 is 11.8 Å². The molecule has 0 saturated heterocycles. The number of primary amides is 1. The average molecular weight is 358 g/mol. The van der Waals surface area contributed by atoms with E-state index in [0.29, 0.717) is 28.6 Å². The Labute approximate surface area is 148 Å². The first kappa shape index (κ1) is 17.2. The second-order valence-corrected chi connectivity index (χ2v) is 6.74. The number of amides is 2. The summed E-state index contributed by atoms with van der Waals surface area (Å²) in [5.74, 6) is -0.0729. The zero-order valence-electron chi connectivity index (χ0n) is 13.7. The van der Waals surface area contributed by atoms with Crippen LogP contribution in [0.4, 0.5) is 5.69 Å². The van der Waals surface area contributed by atoms with Gasteiger partial charge in [-0.3, -0.25) is 19.0 Å². The molecule has 1 aliphatic rings. The van der Waals surface area contributed by atoms with Crippen LogP contribution in [0.1, 0.15) is 35.4 Å². The Bertz CT molecular complexity index is 876. The first-order valence-corrected chi connectivity index (χ1v) is 8.91. The summed E-state index contributed by atoms with van der Waals surface area (Å²) in [6, 6.07) is 7.67. The van der Waals surface area contributed by atoms with Gasteiger partial charge in [-0.1, -0.05) is 18.7 Å².